The number of carbonyl (C=O) groups excluding carboxylic acids is 1. The third-order valence-corrected chi connectivity index (χ3v) is 2.73. The third kappa shape index (κ3) is 2.20. The predicted octanol–water partition coefficient (Wildman–Crippen LogP) is 2.04. The van der Waals surface area contributed by atoms with Crippen LogP contribution in [-0.2, 0) is 4.79 Å². The van der Waals surface area contributed by atoms with Crippen molar-refractivity contribution in [1.82, 2.24) is 0 Å². The third-order valence-electron chi connectivity index (χ3n) is 2.73. The molecule has 92 valence electrons. The van der Waals surface area contributed by atoms with Crippen molar-refractivity contribution in [3.8, 4) is 5.75 Å². The molecular weight excluding hydrogens is 216 g/mol. The Bertz CT molecular complexity index is 449. The second-order valence-corrected chi connectivity index (χ2v) is 5.28. The summed E-state index contributed by atoms with van der Waals surface area (Å²) < 4.78 is 5.52. The standard InChI is InChI=1S/C13H18N2O2/c1-13(2,3)12(16)15-6-7-17-11-8-9(14)4-5-10(11)15/h4-5,8H,6-7,14H2,1-3H3. The topological polar surface area (TPSA) is 55.6 Å². The van der Waals surface area contributed by atoms with Crippen molar-refractivity contribution in [2.75, 3.05) is 23.8 Å². The van der Waals surface area contributed by atoms with E-state index >= 15 is 0 Å². The Labute approximate surface area is 101 Å². The molecule has 0 aliphatic carbocycles. The average Bonchev–Trinajstić information content (AvgIpc) is 2.25. The molecule has 17 heavy (non-hydrogen) atoms. The molecule has 2 N–H and O–H groups in total. The van der Waals surface area contributed by atoms with Gasteiger partial charge in [0.15, 0.2) is 0 Å². The van der Waals surface area contributed by atoms with E-state index in [9.17, 15) is 4.79 Å². The highest BCUT2D eigenvalue weighted by Gasteiger charge is 2.31. The molecule has 1 aliphatic rings. The van der Waals surface area contributed by atoms with E-state index in [2.05, 4.69) is 0 Å². The minimum atomic E-state index is -0.393. The summed E-state index contributed by atoms with van der Waals surface area (Å²) in [6.07, 6.45) is 0. The summed E-state index contributed by atoms with van der Waals surface area (Å²) in [5.41, 5.74) is 6.77. The highest BCUT2D eigenvalue weighted by molar-refractivity contribution is 5.98. The van der Waals surface area contributed by atoms with Gasteiger partial charge in [-0.05, 0) is 12.1 Å². The molecule has 1 aliphatic heterocycles. The van der Waals surface area contributed by atoms with Crippen molar-refractivity contribution in [3.63, 3.8) is 0 Å². The van der Waals surface area contributed by atoms with E-state index in [0.717, 1.165) is 5.69 Å². The number of fused-ring (bicyclic) bond motifs is 1. The van der Waals surface area contributed by atoms with Crippen molar-refractivity contribution in [3.05, 3.63) is 18.2 Å². The molecule has 1 heterocycles. The van der Waals surface area contributed by atoms with Crippen LogP contribution in [0.1, 0.15) is 20.8 Å². The highest BCUT2D eigenvalue weighted by atomic mass is 16.5. The number of nitrogens with two attached hydrogens (primary N) is 1. The average molecular weight is 234 g/mol. The maximum atomic E-state index is 12.3. The maximum Gasteiger partial charge on any atom is 0.232 e. The van der Waals surface area contributed by atoms with Gasteiger partial charge in [0.05, 0.1) is 12.2 Å². The Morgan fingerprint density at radius 2 is 2.12 bits per heavy atom. The molecule has 1 aromatic rings. The van der Waals surface area contributed by atoms with E-state index in [1.54, 1.807) is 17.0 Å². The van der Waals surface area contributed by atoms with Gasteiger partial charge < -0.3 is 15.4 Å². The SMILES string of the molecule is CC(C)(C)C(=O)N1CCOc2cc(N)ccc21. The lowest BCUT2D eigenvalue weighted by Crippen LogP contribution is -2.44. The molecule has 0 bridgehead atoms. The van der Waals surface area contributed by atoms with Crippen LogP contribution in [-0.4, -0.2) is 19.1 Å². The van der Waals surface area contributed by atoms with E-state index in [1.165, 1.54) is 0 Å². The summed E-state index contributed by atoms with van der Waals surface area (Å²) in [7, 11) is 0. The van der Waals surface area contributed by atoms with Crippen LogP contribution < -0.4 is 15.4 Å². The summed E-state index contributed by atoms with van der Waals surface area (Å²) in [5.74, 6) is 0.792. The Morgan fingerprint density at radius 3 is 2.76 bits per heavy atom. The maximum absolute atomic E-state index is 12.3. The number of hydrogen-bond acceptors (Lipinski definition) is 3. The van der Waals surface area contributed by atoms with E-state index in [-0.39, 0.29) is 5.91 Å². The molecule has 0 atom stereocenters. The minimum Gasteiger partial charge on any atom is -0.489 e. The second kappa shape index (κ2) is 3.95. The number of rotatable bonds is 0. The number of benzene rings is 1. The fourth-order valence-electron chi connectivity index (χ4n) is 1.85. The van der Waals surface area contributed by atoms with Gasteiger partial charge in [-0.2, -0.15) is 0 Å². The number of carbonyl (C=O) groups is 1. The van der Waals surface area contributed by atoms with Gasteiger partial charge in [-0.1, -0.05) is 20.8 Å². The van der Waals surface area contributed by atoms with Crippen molar-refractivity contribution in [2.24, 2.45) is 5.41 Å². The first-order valence-electron chi connectivity index (χ1n) is 5.74. The molecule has 0 radical (unpaired) electrons. The minimum absolute atomic E-state index is 0.104. The Morgan fingerprint density at radius 1 is 1.41 bits per heavy atom. The lowest BCUT2D eigenvalue weighted by Gasteiger charge is -2.34. The predicted molar refractivity (Wildman–Crippen MR) is 68.2 cm³/mol. The van der Waals surface area contributed by atoms with E-state index in [0.29, 0.717) is 24.6 Å². The van der Waals surface area contributed by atoms with Crippen LogP contribution in [0.15, 0.2) is 18.2 Å². The molecule has 1 aromatic carbocycles. The van der Waals surface area contributed by atoms with Crippen molar-refractivity contribution < 1.29 is 9.53 Å². The van der Waals surface area contributed by atoms with Gasteiger partial charge in [0.2, 0.25) is 5.91 Å². The summed E-state index contributed by atoms with van der Waals surface area (Å²) in [6, 6.07) is 5.39. The van der Waals surface area contributed by atoms with Gasteiger partial charge in [-0.25, -0.2) is 0 Å². The van der Waals surface area contributed by atoms with Crippen LogP contribution in [0.5, 0.6) is 5.75 Å². The molecule has 0 saturated carbocycles. The Hall–Kier alpha value is -1.71. The van der Waals surface area contributed by atoms with E-state index < -0.39 is 5.41 Å². The van der Waals surface area contributed by atoms with Crippen LogP contribution in [0.3, 0.4) is 0 Å². The smallest absolute Gasteiger partial charge is 0.232 e. The molecule has 4 heteroatoms. The molecule has 1 amide bonds. The first kappa shape index (κ1) is 11.8. The number of anilines is 2. The highest BCUT2D eigenvalue weighted by Crippen LogP contribution is 2.35. The van der Waals surface area contributed by atoms with Gasteiger partial charge in [0.1, 0.15) is 12.4 Å². The molecule has 2 rings (SSSR count). The molecule has 4 nitrogen and oxygen atoms in total. The van der Waals surface area contributed by atoms with Crippen LogP contribution >= 0.6 is 0 Å². The first-order valence-corrected chi connectivity index (χ1v) is 5.74. The lowest BCUT2D eigenvalue weighted by molar-refractivity contribution is -0.126. The van der Waals surface area contributed by atoms with Gasteiger partial charge >= 0.3 is 0 Å². The summed E-state index contributed by atoms with van der Waals surface area (Å²) in [6.45, 7) is 6.86. The fraction of sp³-hybridized carbons (Fsp3) is 0.462. The Balaban J connectivity index is 2.39. The Kier molecular flexibility index (Phi) is 2.73. The monoisotopic (exact) mass is 234 g/mol. The van der Waals surface area contributed by atoms with Gasteiger partial charge in [-0.15, -0.1) is 0 Å². The zero-order valence-electron chi connectivity index (χ0n) is 10.5. The summed E-state index contributed by atoms with van der Waals surface area (Å²) >= 11 is 0. The van der Waals surface area contributed by atoms with Crippen LogP contribution in [0.4, 0.5) is 11.4 Å². The molecular formula is C13H18N2O2. The molecule has 0 unspecified atom stereocenters. The van der Waals surface area contributed by atoms with E-state index in [1.807, 2.05) is 26.8 Å². The van der Waals surface area contributed by atoms with Crippen LogP contribution in [0.25, 0.3) is 0 Å². The van der Waals surface area contributed by atoms with Crippen molar-refractivity contribution in [2.45, 2.75) is 20.8 Å². The zero-order valence-corrected chi connectivity index (χ0v) is 10.5. The number of nitrogens with zero attached hydrogens (tertiary/aromatic N) is 1. The number of ether oxygens (including phenoxy) is 1. The van der Waals surface area contributed by atoms with Gasteiger partial charge in [0, 0.05) is 17.2 Å². The lowest BCUT2D eigenvalue weighted by atomic mass is 9.94. The van der Waals surface area contributed by atoms with Crippen LogP contribution in [0, 0.1) is 5.41 Å². The number of hydrogen-bond donors (Lipinski definition) is 1. The fourth-order valence-corrected chi connectivity index (χ4v) is 1.85. The summed E-state index contributed by atoms with van der Waals surface area (Å²) in [5, 5.41) is 0. The zero-order chi connectivity index (χ0) is 12.6. The quantitative estimate of drug-likeness (QED) is 0.699. The summed E-state index contributed by atoms with van der Waals surface area (Å²) in [4.78, 5) is 14.1. The second-order valence-electron chi connectivity index (χ2n) is 5.28. The normalized spacial score (nSPS) is 15.1. The molecule has 0 fully saturated rings. The first-order chi connectivity index (χ1) is 7.89. The van der Waals surface area contributed by atoms with Crippen molar-refractivity contribution in [1.29, 1.82) is 0 Å². The largest absolute Gasteiger partial charge is 0.489 e. The molecule has 0 saturated heterocycles. The van der Waals surface area contributed by atoms with Gasteiger partial charge in [0.25, 0.3) is 0 Å². The van der Waals surface area contributed by atoms with E-state index in [4.69, 9.17) is 10.5 Å². The molecule has 0 aromatic heterocycles. The van der Waals surface area contributed by atoms with Gasteiger partial charge in [-0.3, -0.25) is 4.79 Å². The van der Waals surface area contributed by atoms with Crippen LogP contribution in [0.2, 0.25) is 0 Å². The van der Waals surface area contributed by atoms with Crippen molar-refractivity contribution >= 4 is 17.3 Å². The number of amides is 1. The number of nitrogen functional groups attached to an aromatic ring is 1. The molecule has 0 spiro atoms.